The number of aromatic amines is 1. The van der Waals surface area contributed by atoms with Crippen molar-refractivity contribution in [2.75, 3.05) is 0 Å². The third-order valence-corrected chi connectivity index (χ3v) is 5.01. The largest absolute Gasteiger partial charge is 0.394 e. The zero-order valence-electron chi connectivity index (χ0n) is 13.7. The van der Waals surface area contributed by atoms with Gasteiger partial charge in [0.1, 0.15) is 12.0 Å². The second-order valence-corrected chi connectivity index (χ2v) is 6.67. The van der Waals surface area contributed by atoms with Gasteiger partial charge in [0.25, 0.3) is 0 Å². The van der Waals surface area contributed by atoms with Crippen LogP contribution in [0.15, 0.2) is 31.0 Å². The van der Waals surface area contributed by atoms with E-state index in [0.29, 0.717) is 16.9 Å². The molecule has 3 heterocycles. The molecule has 0 spiro atoms. The second kappa shape index (κ2) is 5.83. The van der Waals surface area contributed by atoms with E-state index in [1.165, 1.54) is 11.0 Å². The van der Waals surface area contributed by atoms with Gasteiger partial charge >= 0.3 is 6.18 Å². The fraction of sp³-hybridized carbons (Fsp3) is 0.412. The first-order valence-electron chi connectivity index (χ1n) is 8.20. The Labute approximate surface area is 146 Å². The topological polar surface area (TPSA) is 83.2 Å². The second-order valence-electron chi connectivity index (χ2n) is 6.67. The van der Waals surface area contributed by atoms with E-state index >= 15 is 0 Å². The van der Waals surface area contributed by atoms with E-state index < -0.39 is 17.6 Å². The van der Waals surface area contributed by atoms with Gasteiger partial charge in [0.05, 0.1) is 35.8 Å². The molecule has 1 atom stereocenters. The van der Waals surface area contributed by atoms with Crippen LogP contribution in [0.2, 0.25) is 0 Å². The summed E-state index contributed by atoms with van der Waals surface area (Å²) in [5, 5.41) is 14.1. The molecular weight excluding hydrogens is 345 g/mol. The van der Waals surface area contributed by atoms with E-state index in [-0.39, 0.29) is 25.7 Å². The Morgan fingerprint density at radius 1 is 1.35 bits per heavy atom. The van der Waals surface area contributed by atoms with Crippen molar-refractivity contribution < 1.29 is 13.2 Å². The van der Waals surface area contributed by atoms with E-state index in [4.69, 9.17) is 5.26 Å². The SMILES string of the molecule is N#CCC(CC1(C(F)(F)F)CC1)n1cc(-c2ncnc3[nH]ccc23)cn1. The Balaban J connectivity index is 1.65. The highest BCUT2D eigenvalue weighted by Crippen LogP contribution is 2.61. The minimum atomic E-state index is -4.25. The summed E-state index contributed by atoms with van der Waals surface area (Å²) in [6.45, 7) is 0. The number of rotatable bonds is 5. The van der Waals surface area contributed by atoms with Crippen molar-refractivity contribution in [2.24, 2.45) is 5.41 Å². The predicted octanol–water partition coefficient (Wildman–Crippen LogP) is 4.01. The lowest BCUT2D eigenvalue weighted by molar-refractivity contribution is -0.191. The molecule has 3 aromatic rings. The number of hydrogen-bond acceptors (Lipinski definition) is 4. The predicted molar refractivity (Wildman–Crippen MR) is 86.7 cm³/mol. The first-order chi connectivity index (χ1) is 12.4. The van der Waals surface area contributed by atoms with Crippen LogP contribution in [0.5, 0.6) is 0 Å². The molecular formula is C17H15F3N6. The number of nitriles is 1. The monoisotopic (exact) mass is 360 g/mol. The van der Waals surface area contributed by atoms with Crippen molar-refractivity contribution in [3.8, 4) is 17.3 Å². The number of nitrogens with one attached hydrogen (secondary N) is 1. The van der Waals surface area contributed by atoms with Gasteiger partial charge in [-0.2, -0.15) is 23.5 Å². The Kier molecular flexibility index (Phi) is 3.72. The number of halogens is 3. The molecule has 0 bridgehead atoms. The normalized spacial score (nSPS) is 17.2. The van der Waals surface area contributed by atoms with E-state index in [1.54, 1.807) is 18.6 Å². The highest BCUT2D eigenvalue weighted by molar-refractivity contribution is 5.89. The summed E-state index contributed by atoms with van der Waals surface area (Å²) in [4.78, 5) is 11.4. The summed E-state index contributed by atoms with van der Waals surface area (Å²) in [5.41, 5.74) is 0.320. The summed E-state index contributed by atoms with van der Waals surface area (Å²) in [6, 6.07) is 3.19. The average Bonchev–Trinajstić information content (AvgIpc) is 3.05. The van der Waals surface area contributed by atoms with Gasteiger partial charge in [0, 0.05) is 23.3 Å². The molecule has 1 unspecified atom stereocenters. The Morgan fingerprint density at radius 3 is 2.85 bits per heavy atom. The van der Waals surface area contributed by atoms with Crippen LogP contribution in [0.3, 0.4) is 0 Å². The Morgan fingerprint density at radius 2 is 2.15 bits per heavy atom. The molecule has 0 saturated heterocycles. The van der Waals surface area contributed by atoms with Crippen LogP contribution in [0.25, 0.3) is 22.3 Å². The summed E-state index contributed by atoms with van der Waals surface area (Å²) < 4.78 is 41.3. The zero-order valence-corrected chi connectivity index (χ0v) is 13.7. The summed E-state index contributed by atoms with van der Waals surface area (Å²) >= 11 is 0. The van der Waals surface area contributed by atoms with Gasteiger partial charge in [-0.05, 0) is 25.3 Å². The van der Waals surface area contributed by atoms with E-state index in [1.807, 2.05) is 12.1 Å². The summed E-state index contributed by atoms with van der Waals surface area (Å²) in [5.74, 6) is 0. The molecule has 4 rings (SSSR count). The highest BCUT2D eigenvalue weighted by Gasteiger charge is 2.63. The van der Waals surface area contributed by atoms with Crippen LogP contribution in [0.1, 0.15) is 31.7 Å². The fourth-order valence-corrected chi connectivity index (χ4v) is 3.33. The molecule has 1 saturated carbocycles. The quantitative estimate of drug-likeness (QED) is 0.745. The molecule has 134 valence electrons. The van der Waals surface area contributed by atoms with Gasteiger partial charge in [-0.15, -0.1) is 0 Å². The van der Waals surface area contributed by atoms with Crippen molar-refractivity contribution in [3.05, 3.63) is 31.0 Å². The third kappa shape index (κ3) is 2.71. The summed E-state index contributed by atoms with van der Waals surface area (Å²) in [7, 11) is 0. The highest BCUT2D eigenvalue weighted by atomic mass is 19.4. The number of fused-ring (bicyclic) bond motifs is 1. The minimum absolute atomic E-state index is 0.0255. The van der Waals surface area contributed by atoms with Gasteiger partial charge in [-0.25, -0.2) is 9.97 Å². The van der Waals surface area contributed by atoms with Gasteiger partial charge in [0.15, 0.2) is 0 Å². The minimum Gasteiger partial charge on any atom is -0.346 e. The molecule has 1 fully saturated rings. The molecule has 3 aromatic heterocycles. The molecule has 0 radical (unpaired) electrons. The smallest absolute Gasteiger partial charge is 0.346 e. The summed E-state index contributed by atoms with van der Waals surface area (Å²) in [6.07, 6.45) is 2.20. The Hall–Kier alpha value is -2.89. The van der Waals surface area contributed by atoms with Crippen LogP contribution in [-0.2, 0) is 0 Å². The lowest BCUT2D eigenvalue weighted by atomic mass is 9.94. The maximum atomic E-state index is 13.3. The maximum absolute atomic E-state index is 13.3. The van der Waals surface area contributed by atoms with Gasteiger partial charge in [0.2, 0.25) is 0 Å². The Bertz CT molecular complexity index is 976. The lowest BCUT2D eigenvalue weighted by Crippen LogP contribution is -2.28. The fourth-order valence-electron chi connectivity index (χ4n) is 3.33. The standard InChI is InChI=1S/C17H15F3N6/c18-17(19,20)16(3-4-16)7-12(1-5-21)26-9-11(8-25-26)14-13-2-6-22-15(13)24-10-23-14/h2,6,8-10,12H,1,3-4,7H2,(H,22,23,24). The molecule has 1 N–H and O–H groups in total. The van der Waals surface area contributed by atoms with Crippen molar-refractivity contribution in [3.63, 3.8) is 0 Å². The number of H-pyrrole nitrogens is 1. The zero-order chi connectivity index (χ0) is 18.4. The van der Waals surface area contributed by atoms with E-state index in [9.17, 15) is 13.2 Å². The van der Waals surface area contributed by atoms with Gasteiger partial charge < -0.3 is 4.98 Å². The van der Waals surface area contributed by atoms with E-state index in [2.05, 4.69) is 20.1 Å². The number of nitrogens with zero attached hydrogens (tertiary/aromatic N) is 5. The van der Waals surface area contributed by atoms with Crippen LogP contribution < -0.4 is 0 Å². The van der Waals surface area contributed by atoms with Crippen LogP contribution in [0, 0.1) is 16.7 Å². The lowest BCUT2D eigenvalue weighted by Gasteiger charge is -2.24. The van der Waals surface area contributed by atoms with Crippen molar-refractivity contribution in [1.82, 2.24) is 24.7 Å². The molecule has 1 aliphatic rings. The van der Waals surface area contributed by atoms with Crippen molar-refractivity contribution in [1.29, 1.82) is 5.26 Å². The van der Waals surface area contributed by atoms with Crippen LogP contribution in [0.4, 0.5) is 13.2 Å². The molecule has 0 aromatic carbocycles. The van der Waals surface area contributed by atoms with Crippen LogP contribution in [-0.4, -0.2) is 30.9 Å². The van der Waals surface area contributed by atoms with Gasteiger partial charge in [-0.1, -0.05) is 0 Å². The number of alkyl halides is 3. The van der Waals surface area contributed by atoms with Crippen molar-refractivity contribution >= 4 is 11.0 Å². The van der Waals surface area contributed by atoms with Crippen molar-refractivity contribution in [2.45, 2.75) is 37.9 Å². The number of aromatic nitrogens is 5. The first-order valence-corrected chi connectivity index (χ1v) is 8.20. The molecule has 1 aliphatic carbocycles. The first kappa shape index (κ1) is 16.6. The molecule has 6 nitrogen and oxygen atoms in total. The molecule has 0 aliphatic heterocycles. The maximum Gasteiger partial charge on any atom is 0.394 e. The number of hydrogen-bond donors (Lipinski definition) is 1. The average molecular weight is 360 g/mol. The van der Waals surface area contributed by atoms with Crippen LogP contribution >= 0.6 is 0 Å². The van der Waals surface area contributed by atoms with Gasteiger partial charge in [-0.3, -0.25) is 4.68 Å². The molecule has 0 amide bonds. The third-order valence-electron chi connectivity index (χ3n) is 5.01. The molecule has 26 heavy (non-hydrogen) atoms. The van der Waals surface area contributed by atoms with E-state index in [0.717, 1.165) is 5.39 Å². The molecule has 9 heteroatoms.